The molecule has 17 heavy (non-hydrogen) atoms. The van der Waals surface area contributed by atoms with Crippen molar-refractivity contribution >= 4 is 11.3 Å². The predicted molar refractivity (Wildman–Crippen MR) is 70.3 cm³/mol. The van der Waals surface area contributed by atoms with Crippen LogP contribution in [0.1, 0.15) is 41.8 Å². The van der Waals surface area contributed by atoms with Gasteiger partial charge in [-0.25, -0.2) is 0 Å². The molecule has 2 aromatic rings. The minimum atomic E-state index is -0.547. The van der Waals surface area contributed by atoms with Crippen molar-refractivity contribution in [3.8, 4) is 0 Å². The van der Waals surface area contributed by atoms with Crippen LogP contribution in [-0.4, -0.2) is 14.9 Å². The topological polar surface area (TPSA) is 38.0 Å². The summed E-state index contributed by atoms with van der Waals surface area (Å²) in [5, 5.41) is 14.6. The Morgan fingerprint density at radius 1 is 1.35 bits per heavy atom. The van der Waals surface area contributed by atoms with E-state index < -0.39 is 6.10 Å². The Morgan fingerprint density at radius 3 is 2.82 bits per heavy atom. The lowest BCUT2D eigenvalue weighted by Crippen LogP contribution is -2.09. The van der Waals surface area contributed by atoms with Crippen molar-refractivity contribution in [3.05, 3.63) is 39.8 Å². The third kappa shape index (κ3) is 2.58. The molecule has 0 radical (unpaired) electrons. The van der Waals surface area contributed by atoms with Crippen LogP contribution in [-0.2, 0) is 13.0 Å². The normalized spacial score (nSPS) is 12.9. The quantitative estimate of drug-likeness (QED) is 0.886. The number of hydrogen-bond donors (Lipinski definition) is 1. The molecule has 0 aliphatic rings. The molecule has 0 spiro atoms. The lowest BCUT2D eigenvalue weighted by Gasteiger charge is -2.11. The van der Waals surface area contributed by atoms with E-state index in [0.717, 1.165) is 30.0 Å². The van der Waals surface area contributed by atoms with Crippen molar-refractivity contribution in [3.63, 3.8) is 0 Å². The molecule has 0 saturated heterocycles. The molecular formula is C13H18N2OS. The van der Waals surface area contributed by atoms with E-state index in [2.05, 4.69) is 25.0 Å². The van der Waals surface area contributed by atoms with Crippen LogP contribution >= 0.6 is 11.3 Å². The van der Waals surface area contributed by atoms with Gasteiger partial charge in [0.05, 0.1) is 5.69 Å². The number of rotatable bonds is 5. The van der Waals surface area contributed by atoms with Crippen LogP contribution in [0.2, 0.25) is 0 Å². The summed E-state index contributed by atoms with van der Waals surface area (Å²) in [6, 6.07) is 5.99. The van der Waals surface area contributed by atoms with Gasteiger partial charge in [0.25, 0.3) is 0 Å². The fourth-order valence-corrected chi connectivity index (χ4v) is 2.80. The maximum absolute atomic E-state index is 10.3. The van der Waals surface area contributed by atoms with Crippen molar-refractivity contribution in [2.75, 3.05) is 0 Å². The first-order valence-corrected chi connectivity index (χ1v) is 6.86. The summed E-state index contributed by atoms with van der Waals surface area (Å²) in [5.74, 6) is 0. The van der Waals surface area contributed by atoms with Gasteiger partial charge < -0.3 is 5.11 Å². The van der Waals surface area contributed by atoms with Gasteiger partial charge in [-0.05, 0) is 31.0 Å². The van der Waals surface area contributed by atoms with E-state index in [1.165, 1.54) is 4.88 Å². The van der Waals surface area contributed by atoms with E-state index in [0.29, 0.717) is 0 Å². The summed E-state index contributed by atoms with van der Waals surface area (Å²) >= 11 is 1.67. The molecular weight excluding hydrogens is 232 g/mol. The second-order valence-electron chi connectivity index (χ2n) is 4.04. The largest absolute Gasteiger partial charge is 0.381 e. The number of hydrogen-bond acceptors (Lipinski definition) is 3. The van der Waals surface area contributed by atoms with Gasteiger partial charge in [0.15, 0.2) is 0 Å². The lowest BCUT2D eigenvalue weighted by atomic mass is 10.2. The molecule has 0 saturated carbocycles. The van der Waals surface area contributed by atoms with Crippen LogP contribution < -0.4 is 0 Å². The summed E-state index contributed by atoms with van der Waals surface area (Å²) in [7, 11) is 0. The highest BCUT2D eigenvalue weighted by molar-refractivity contribution is 7.12. The van der Waals surface area contributed by atoms with Gasteiger partial charge in [0, 0.05) is 22.5 Å². The molecule has 0 amide bonds. The molecule has 1 N–H and O–H groups in total. The van der Waals surface area contributed by atoms with Crippen LogP contribution in [0, 0.1) is 0 Å². The molecule has 0 aromatic carbocycles. The van der Waals surface area contributed by atoms with Gasteiger partial charge in [-0.2, -0.15) is 5.10 Å². The zero-order chi connectivity index (χ0) is 12.3. The molecule has 0 aliphatic carbocycles. The second kappa shape index (κ2) is 5.47. The van der Waals surface area contributed by atoms with Gasteiger partial charge in [-0.3, -0.25) is 4.68 Å². The molecule has 92 valence electrons. The summed E-state index contributed by atoms with van der Waals surface area (Å²) in [4.78, 5) is 2.31. The number of thiophene rings is 1. The molecule has 2 aromatic heterocycles. The molecule has 0 bridgehead atoms. The van der Waals surface area contributed by atoms with Crippen molar-refractivity contribution < 1.29 is 5.11 Å². The number of aryl methyl sites for hydroxylation is 2. The Kier molecular flexibility index (Phi) is 3.97. The zero-order valence-electron chi connectivity index (χ0n) is 10.3. The minimum absolute atomic E-state index is 0.547. The SMILES string of the molecule is CCCn1nccc1C(O)c1ccc(CC)s1. The van der Waals surface area contributed by atoms with E-state index in [-0.39, 0.29) is 0 Å². The Labute approximate surface area is 106 Å². The minimum Gasteiger partial charge on any atom is -0.381 e. The summed E-state index contributed by atoms with van der Waals surface area (Å²) in [5.41, 5.74) is 0.886. The first-order chi connectivity index (χ1) is 8.26. The van der Waals surface area contributed by atoms with Crippen LogP contribution in [0.3, 0.4) is 0 Å². The maximum atomic E-state index is 10.3. The van der Waals surface area contributed by atoms with Gasteiger partial charge in [0.1, 0.15) is 6.10 Å². The number of aliphatic hydroxyl groups excluding tert-OH is 1. The monoisotopic (exact) mass is 250 g/mol. The first-order valence-electron chi connectivity index (χ1n) is 6.04. The van der Waals surface area contributed by atoms with Gasteiger partial charge in [-0.1, -0.05) is 13.8 Å². The molecule has 1 unspecified atom stereocenters. The van der Waals surface area contributed by atoms with Crippen molar-refractivity contribution in [1.29, 1.82) is 0 Å². The van der Waals surface area contributed by atoms with E-state index in [1.807, 2.05) is 16.8 Å². The third-order valence-electron chi connectivity index (χ3n) is 2.77. The van der Waals surface area contributed by atoms with Crippen molar-refractivity contribution in [1.82, 2.24) is 9.78 Å². The standard InChI is InChI=1S/C13H18N2OS/c1-3-9-15-11(7-8-14-15)13(16)12-6-5-10(4-2)17-12/h5-8,13,16H,3-4,9H2,1-2H3. The fraction of sp³-hybridized carbons (Fsp3) is 0.462. The van der Waals surface area contributed by atoms with E-state index in [9.17, 15) is 5.11 Å². The average Bonchev–Trinajstić information content (AvgIpc) is 2.97. The predicted octanol–water partition coefficient (Wildman–Crippen LogP) is 3.00. The van der Waals surface area contributed by atoms with Crippen LogP contribution in [0.25, 0.3) is 0 Å². The molecule has 0 fully saturated rings. The Hall–Kier alpha value is -1.13. The Morgan fingerprint density at radius 2 is 2.18 bits per heavy atom. The number of nitrogens with zero attached hydrogens (tertiary/aromatic N) is 2. The van der Waals surface area contributed by atoms with Crippen LogP contribution in [0.5, 0.6) is 0 Å². The lowest BCUT2D eigenvalue weighted by molar-refractivity contribution is 0.211. The third-order valence-corrected chi connectivity index (χ3v) is 4.05. The Balaban J connectivity index is 2.23. The highest BCUT2D eigenvalue weighted by Crippen LogP contribution is 2.28. The van der Waals surface area contributed by atoms with E-state index >= 15 is 0 Å². The van der Waals surface area contributed by atoms with Crippen LogP contribution in [0.15, 0.2) is 24.4 Å². The van der Waals surface area contributed by atoms with E-state index in [1.54, 1.807) is 17.5 Å². The Bertz CT molecular complexity index is 475. The summed E-state index contributed by atoms with van der Waals surface area (Å²) in [6.07, 6.45) is 3.24. The summed E-state index contributed by atoms with van der Waals surface area (Å²) < 4.78 is 1.88. The molecule has 2 rings (SSSR count). The fourth-order valence-electron chi connectivity index (χ4n) is 1.85. The molecule has 3 nitrogen and oxygen atoms in total. The first kappa shape index (κ1) is 12.3. The highest BCUT2D eigenvalue weighted by Gasteiger charge is 2.16. The molecule has 4 heteroatoms. The van der Waals surface area contributed by atoms with Crippen molar-refractivity contribution in [2.45, 2.75) is 39.3 Å². The van der Waals surface area contributed by atoms with Gasteiger partial charge in [-0.15, -0.1) is 11.3 Å². The number of aromatic nitrogens is 2. The smallest absolute Gasteiger partial charge is 0.130 e. The number of aliphatic hydroxyl groups is 1. The van der Waals surface area contributed by atoms with E-state index in [4.69, 9.17) is 0 Å². The molecule has 1 atom stereocenters. The maximum Gasteiger partial charge on any atom is 0.130 e. The van der Waals surface area contributed by atoms with Gasteiger partial charge in [0.2, 0.25) is 0 Å². The average molecular weight is 250 g/mol. The van der Waals surface area contributed by atoms with Crippen molar-refractivity contribution in [2.24, 2.45) is 0 Å². The summed E-state index contributed by atoms with van der Waals surface area (Å²) in [6.45, 7) is 5.09. The molecule has 2 heterocycles. The van der Waals surface area contributed by atoms with Crippen LogP contribution in [0.4, 0.5) is 0 Å². The van der Waals surface area contributed by atoms with Gasteiger partial charge >= 0.3 is 0 Å². The molecule has 0 aliphatic heterocycles. The zero-order valence-corrected chi connectivity index (χ0v) is 11.1. The second-order valence-corrected chi connectivity index (χ2v) is 5.24. The highest BCUT2D eigenvalue weighted by atomic mass is 32.1.